The van der Waals surface area contributed by atoms with E-state index in [4.69, 9.17) is 0 Å². The molecule has 0 spiro atoms. The Morgan fingerprint density at radius 1 is 1.08 bits per heavy atom. The van der Waals surface area contributed by atoms with Gasteiger partial charge in [-0.05, 0) is 48.7 Å². The van der Waals surface area contributed by atoms with E-state index in [2.05, 4.69) is 16.4 Å². The van der Waals surface area contributed by atoms with Crippen molar-refractivity contribution in [1.82, 2.24) is 9.88 Å². The Bertz CT molecular complexity index is 971. The lowest BCUT2D eigenvalue weighted by atomic mass is 10.1. The second-order valence-corrected chi connectivity index (χ2v) is 6.37. The van der Waals surface area contributed by atoms with Crippen molar-refractivity contribution in [3.63, 3.8) is 0 Å². The SMILES string of the molecule is Cc1cc(C)cc(NC(=O)N(C)Cc2cc(=O)[nH]c3ccccc23)c1. The number of urea groups is 1. The van der Waals surface area contributed by atoms with E-state index >= 15 is 0 Å². The van der Waals surface area contributed by atoms with Crippen molar-refractivity contribution in [2.45, 2.75) is 20.4 Å². The summed E-state index contributed by atoms with van der Waals surface area (Å²) in [5.41, 5.74) is 4.38. The lowest BCUT2D eigenvalue weighted by Gasteiger charge is -2.19. The van der Waals surface area contributed by atoms with Gasteiger partial charge < -0.3 is 15.2 Å². The number of para-hydroxylation sites is 1. The van der Waals surface area contributed by atoms with E-state index in [1.807, 2.05) is 50.2 Å². The number of hydrogen-bond acceptors (Lipinski definition) is 2. The zero-order chi connectivity index (χ0) is 18.0. The fourth-order valence-corrected chi connectivity index (χ4v) is 3.00. The van der Waals surface area contributed by atoms with Gasteiger partial charge in [0.05, 0.1) is 0 Å². The van der Waals surface area contributed by atoms with Crippen molar-refractivity contribution in [2.24, 2.45) is 0 Å². The Hall–Kier alpha value is -3.08. The van der Waals surface area contributed by atoms with Gasteiger partial charge in [-0.25, -0.2) is 4.79 Å². The lowest BCUT2D eigenvalue weighted by Crippen LogP contribution is -2.31. The van der Waals surface area contributed by atoms with E-state index in [0.29, 0.717) is 6.54 Å². The van der Waals surface area contributed by atoms with Crippen LogP contribution in [-0.4, -0.2) is 23.0 Å². The number of aromatic nitrogens is 1. The fraction of sp³-hybridized carbons (Fsp3) is 0.200. The molecular weight excluding hydrogens is 314 g/mol. The highest BCUT2D eigenvalue weighted by Gasteiger charge is 2.12. The Morgan fingerprint density at radius 2 is 1.76 bits per heavy atom. The molecule has 1 heterocycles. The number of carbonyl (C=O) groups is 1. The number of hydrogen-bond donors (Lipinski definition) is 2. The molecular formula is C20H21N3O2. The normalized spacial score (nSPS) is 10.7. The van der Waals surface area contributed by atoms with Crippen molar-refractivity contribution in [2.75, 3.05) is 12.4 Å². The maximum atomic E-state index is 12.5. The van der Waals surface area contributed by atoms with Crippen molar-refractivity contribution in [3.05, 3.63) is 75.6 Å². The van der Waals surface area contributed by atoms with Crippen LogP contribution in [0.3, 0.4) is 0 Å². The molecule has 3 aromatic rings. The van der Waals surface area contributed by atoms with E-state index in [9.17, 15) is 9.59 Å². The average molecular weight is 335 g/mol. The Kier molecular flexibility index (Phi) is 4.57. The molecule has 0 atom stereocenters. The molecule has 0 radical (unpaired) electrons. The first-order chi connectivity index (χ1) is 11.9. The Morgan fingerprint density at radius 3 is 2.48 bits per heavy atom. The highest BCUT2D eigenvalue weighted by molar-refractivity contribution is 5.90. The van der Waals surface area contributed by atoms with Crippen LogP contribution in [0.25, 0.3) is 10.9 Å². The smallest absolute Gasteiger partial charge is 0.321 e. The van der Waals surface area contributed by atoms with E-state index in [1.54, 1.807) is 18.0 Å². The van der Waals surface area contributed by atoms with Crippen molar-refractivity contribution in [3.8, 4) is 0 Å². The number of pyridine rings is 1. The van der Waals surface area contributed by atoms with Gasteiger partial charge in [-0.15, -0.1) is 0 Å². The van der Waals surface area contributed by atoms with E-state index in [-0.39, 0.29) is 11.6 Å². The molecule has 0 saturated heterocycles. The van der Waals surface area contributed by atoms with Crippen LogP contribution in [0.2, 0.25) is 0 Å². The molecule has 0 aliphatic heterocycles. The standard InChI is InChI=1S/C20H21N3O2/c1-13-8-14(2)10-16(9-13)21-20(25)23(3)12-15-11-19(24)22-18-7-5-4-6-17(15)18/h4-11H,12H2,1-3H3,(H,21,25)(H,22,24). The third kappa shape index (κ3) is 3.88. The van der Waals surface area contributed by atoms with Crippen molar-refractivity contribution < 1.29 is 4.79 Å². The summed E-state index contributed by atoms with van der Waals surface area (Å²) in [4.78, 5) is 28.7. The molecule has 0 saturated carbocycles. The highest BCUT2D eigenvalue weighted by atomic mass is 16.2. The van der Waals surface area contributed by atoms with Gasteiger partial charge in [0.25, 0.3) is 0 Å². The quantitative estimate of drug-likeness (QED) is 0.764. The first-order valence-electron chi connectivity index (χ1n) is 8.14. The van der Waals surface area contributed by atoms with Crippen LogP contribution < -0.4 is 10.9 Å². The molecule has 0 bridgehead atoms. The first-order valence-corrected chi connectivity index (χ1v) is 8.14. The summed E-state index contributed by atoms with van der Waals surface area (Å²) in [5.74, 6) is 0. The lowest BCUT2D eigenvalue weighted by molar-refractivity contribution is 0.221. The van der Waals surface area contributed by atoms with Gasteiger partial charge in [-0.1, -0.05) is 24.3 Å². The molecule has 128 valence electrons. The number of anilines is 1. The third-order valence-corrected chi connectivity index (χ3v) is 4.06. The summed E-state index contributed by atoms with van der Waals surface area (Å²) >= 11 is 0. The maximum absolute atomic E-state index is 12.5. The topological polar surface area (TPSA) is 65.2 Å². The van der Waals surface area contributed by atoms with E-state index in [1.165, 1.54) is 0 Å². The van der Waals surface area contributed by atoms with Crippen LogP contribution >= 0.6 is 0 Å². The molecule has 3 rings (SSSR count). The number of aromatic amines is 1. The van der Waals surface area contributed by atoms with Gasteiger partial charge in [0.1, 0.15) is 0 Å². The summed E-state index contributed by atoms with van der Waals surface area (Å²) < 4.78 is 0. The first kappa shape index (κ1) is 16.8. The number of carbonyl (C=O) groups excluding carboxylic acids is 1. The van der Waals surface area contributed by atoms with Crippen LogP contribution in [0.5, 0.6) is 0 Å². The number of amides is 2. The predicted octanol–water partition coefficient (Wildman–Crippen LogP) is 3.81. The number of aryl methyl sites for hydroxylation is 2. The van der Waals surface area contributed by atoms with Gasteiger partial charge in [0.2, 0.25) is 5.56 Å². The summed E-state index contributed by atoms with van der Waals surface area (Å²) in [6.45, 7) is 4.34. The van der Waals surface area contributed by atoms with Gasteiger partial charge >= 0.3 is 6.03 Å². The Balaban J connectivity index is 1.81. The number of fused-ring (bicyclic) bond motifs is 1. The molecule has 0 unspecified atom stereocenters. The summed E-state index contributed by atoms with van der Waals surface area (Å²) in [6.07, 6.45) is 0. The van der Waals surface area contributed by atoms with Crippen LogP contribution in [0.4, 0.5) is 10.5 Å². The molecule has 2 N–H and O–H groups in total. The van der Waals surface area contributed by atoms with Gasteiger partial charge in [0, 0.05) is 36.2 Å². The van der Waals surface area contributed by atoms with Crippen LogP contribution in [0.15, 0.2) is 53.3 Å². The summed E-state index contributed by atoms with van der Waals surface area (Å²) in [5, 5.41) is 3.85. The second kappa shape index (κ2) is 6.81. The second-order valence-electron chi connectivity index (χ2n) is 6.37. The van der Waals surface area contributed by atoms with Crippen LogP contribution in [0.1, 0.15) is 16.7 Å². The molecule has 2 aromatic carbocycles. The highest BCUT2D eigenvalue weighted by Crippen LogP contribution is 2.17. The molecule has 0 aliphatic carbocycles. The zero-order valence-electron chi connectivity index (χ0n) is 14.6. The molecule has 2 amide bonds. The van der Waals surface area contributed by atoms with Gasteiger partial charge in [0.15, 0.2) is 0 Å². The number of H-pyrrole nitrogens is 1. The Labute approximate surface area is 146 Å². The number of nitrogens with one attached hydrogen (secondary N) is 2. The molecule has 0 aliphatic rings. The predicted molar refractivity (Wildman–Crippen MR) is 101 cm³/mol. The monoisotopic (exact) mass is 335 g/mol. The van der Waals surface area contributed by atoms with Gasteiger partial charge in [-0.2, -0.15) is 0 Å². The van der Waals surface area contributed by atoms with Crippen LogP contribution in [-0.2, 0) is 6.54 Å². The molecule has 25 heavy (non-hydrogen) atoms. The maximum Gasteiger partial charge on any atom is 0.321 e. The van der Waals surface area contributed by atoms with Gasteiger partial charge in [-0.3, -0.25) is 4.79 Å². The largest absolute Gasteiger partial charge is 0.323 e. The van der Waals surface area contributed by atoms with E-state index < -0.39 is 0 Å². The zero-order valence-corrected chi connectivity index (χ0v) is 14.6. The molecule has 1 aromatic heterocycles. The number of rotatable bonds is 3. The summed E-state index contributed by atoms with van der Waals surface area (Å²) in [6, 6.07) is 14.8. The fourth-order valence-electron chi connectivity index (χ4n) is 3.00. The third-order valence-electron chi connectivity index (χ3n) is 4.06. The van der Waals surface area contributed by atoms with Crippen molar-refractivity contribution in [1.29, 1.82) is 0 Å². The number of nitrogens with zero attached hydrogens (tertiary/aromatic N) is 1. The molecule has 0 fully saturated rings. The molecule has 5 heteroatoms. The minimum Gasteiger partial charge on any atom is -0.323 e. The average Bonchev–Trinajstić information content (AvgIpc) is 2.53. The summed E-state index contributed by atoms with van der Waals surface area (Å²) in [7, 11) is 1.72. The minimum absolute atomic E-state index is 0.170. The van der Waals surface area contributed by atoms with Crippen LogP contribution in [0, 0.1) is 13.8 Å². The van der Waals surface area contributed by atoms with E-state index in [0.717, 1.165) is 33.3 Å². The van der Waals surface area contributed by atoms with Crippen molar-refractivity contribution >= 4 is 22.6 Å². The number of benzene rings is 2. The molecule has 5 nitrogen and oxygen atoms in total. The minimum atomic E-state index is -0.214.